The van der Waals surface area contributed by atoms with Crippen molar-refractivity contribution in [3.63, 3.8) is 0 Å². The monoisotopic (exact) mass is 267 g/mol. The fourth-order valence-corrected chi connectivity index (χ4v) is 1.77. The highest BCUT2D eigenvalue weighted by atomic mass is 16.4. The van der Waals surface area contributed by atoms with Gasteiger partial charge in [-0.15, -0.1) is 0 Å². The number of nitrogens with zero attached hydrogens (tertiary/aromatic N) is 2. The van der Waals surface area contributed by atoms with Crippen LogP contribution in [0.3, 0.4) is 0 Å². The van der Waals surface area contributed by atoms with Gasteiger partial charge in [0.05, 0.1) is 11.8 Å². The van der Waals surface area contributed by atoms with Gasteiger partial charge in [0.15, 0.2) is 0 Å². The predicted octanol–water partition coefficient (Wildman–Crippen LogP) is 1.44. The molecule has 0 spiro atoms. The lowest BCUT2D eigenvalue weighted by molar-refractivity contribution is -0.139. The highest BCUT2D eigenvalue weighted by Gasteiger charge is 2.21. The Bertz CT molecular complexity index is 466. The lowest BCUT2D eigenvalue weighted by Gasteiger charge is -2.12. The average Bonchev–Trinajstić information content (AvgIpc) is 2.66. The molecule has 1 amide bonds. The minimum atomic E-state index is -1.02. The van der Waals surface area contributed by atoms with Gasteiger partial charge in [0.2, 0.25) is 0 Å². The van der Waals surface area contributed by atoms with E-state index in [9.17, 15) is 9.59 Å². The second-order valence-electron chi connectivity index (χ2n) is 4.99. The summed E-state index contributed by atoms with van der Waals surface area (Å²) in [6, 6.07) is -0.861. The van der Waals surface area contributed by atoms with Gasteiger partial charge in [-0.2, -0.15) is 5.10 Å². The number of rotatable bonds is 6. The van der Waals surface area contributed by atoms with E-state index in [2.05, 4.69) is 24.3 Å². The summed E-state index contributed by atoms with van der Waals surface area (Å²) < 4.78 is 1.77. The molecule has 1 aromatic heterocycles. The average molecular weight is 267 g/mol. The Balaban J connectivity index is 2.83. The van der Waals surface area contributed by atoms with E-state index in [0.717, 1.165) is 12.2 Å². The van der Waals surface area contributed by atoms with Crippen molar-refractivity contribution in [1.82, 2.24) is 15.1 Å². The van der Waals surface area contributed by atoms with E-state index in [1.165, 1.54) is 6.20 Å². The highest BCUT2D eigenvalue weighted by molar-refractivity contribution is 5.97. The number of amides is 1. The van der Waals surface area contributed by atoms with Gasteiger partial charge < -0.3 is 10.4 Å². The van der Waals surface area contributed by atoms with E-state index in [4.69, 9.17) is 5.11 Å². The summed E-state index contributed by atoms with van der Waals surface area (Å²) in [5.41, 5.74) is 1.19. The molecule has 0 saturated heterocycles. The van der Waals surface area contributed by atoms with Crippen LogP contribution in [0.4, 0.5) is 0 Å². The first-order chi connectivity index (χ1) is 8.86. The minimum Gasteiger partial charge on any atom is -0.480 e. The van der Waals surface area contributed by atoms with Crippen molar-refractivity contribution < 1.29 is 14.7 Å². The number of carboxylic acids is 1. The lowest BCUT2D eigenvalue weighted by Crippen LogP contribution is -2.40. The van der Waals surface area contributed by atoms with E-state index in [1.807, 2.05) is 6.92 Å². The van der Waals surface area contributed by atoms with Crippen LogP contribution >= 0.6 is 0 Å². The van der Waals surface area contributed by atoms with E-state index < -0.39 is 12.0 Å². The predicted molar refractivity (Wildman–Crippen MR) is 71.0 cm³/mol. The summed E-state index contributed by atoms with van der Waals surface area (Å²) in [5, 5.41) is 15.6. The van der Waals surface area contributed by atoms with Crippen LogP contribution < -0.4 is 5.32 Å². The smallest absolute Gasteiger partial charge is 0.326 e. The molecule has 0 aliphatic rings. The zero-order valence-corrected chi connectivity index (χ0v) is 11.8. The molecule has 1 heterocycles. The fourth-order valence-electron chi connectivity index (χ4n) is 1.77. The molecule has 1 unspecified atom stereocenters. The van der Waals surface area contributed by atoms with Crippen LogP contribution in [0.25, 0.3) is 0 Å². The summed E-state index contributed by atoms with van der Waals surface area (Å²) in [6.07, 6.45) is 1.84. The summed E-state index contributed by atoms with van der Waals surface area (Å²) in [6.45, 7) is 8.40. The van der Waals surface area contributed by atoms with E-state index in [0.29, 0.717) is 17.9 Å². The highest BCUT2D eigenvalue weighted by Crippen LogP contribution is 2.10. The molecule has 19 heavy (non-hydrogen) atoms. The van der Waals surface area contributed by atoms with Crippen molar-refractivity contribution >= 4 is 11.9 Å². The number of hydrogen-bond acceptors (Lipinski definition) is 3. The Kier molecular flexibility index (Phi) is 5.09. The maximum absolute atomic E-state index is 12.0. The number of nitrogens with one attached hydrogen (secondary N) is 1. The van der Waals surface area contributed by atoms with Crippen LogP contribution in [0.2, 0.25) is 0 Å². The van der Waals surface area contributed by atoms with Crippen LogP contribution in [-0.4, -0.2) is 32.8 Å². The molecular weight excluding hydrogens is 246 g/mol. The van der Waals surface area contributed by atoms with Crippen molar-refractivity contribution in [1.29, 1.82) is 0 Å². The van der Waals surface area contributed by atoms with Crippen LogP contribution in [0, 0.1) is 12.8 Å². The summed E-state index contributed by atoms with van der Waals surface area (Å²) >= 11 is 0. The van der Waals surface area contributed by atoms with Crippen molar-refractivity contribution in [3.05, 3.63) is 17.5 Å². The first-order valence-electron chi connectivity index (χ1n) is 6.42. The molecule has 1 atom stereocenters. The van der Waals surface area contributed by atoms with Crippen molar-refractivity contribution in [2.24, 2.45) is 5.92 Å². The Hall–Kier alpha value is -1.85. The van der Waals surface area contributed by atoms with Gasteiger partial charge in [-0.05, 0) is 19.3 Å². The summed E-state index contributed by atoms with van der Waals surface area (Å²) in [5.74, 6) is -0.984. The molecule has 0 aliphatic carbocycles. The molecular formula is C13H21N3O3. The number of aromatic nitrogens is 2. The molecule has 106 valence electrons. The molecule has 6 nitrogen and oxygen atoms in total. The third-order valence-electron chi connectivity index (χ3n) is 2.90. The molecule has 6 heteroatoms. The molecule has 0 aromatic carbocycles. The third-order valence-corrected chi connectivity index (χ3v) is 2.90. The molecule has 1 aromatic rings. The van der Waals surface area contributed by atoms with Gasteiger partial charge in [0, 0.05) is 12.2 Å². The van der Waals surface area contributed by atoms with Gasteiger partial charge in [-0.3, -0.25) is 9.48 Å². The summed E-state index contributed by atoms with van der Waals surface area (Å²) in [4.78, 5) is 22.9. The largest absolute Gasteiger partial charge is 0.480 e. The number of hydrogen-bond donors (Lipinski definition) is 2. The Morgan fingerprint density at radius 3 is 2.58 bits per heavy atom. The molecule has 0 aliphatic heterocycles. The van der Waals surface area contributed by atoms with Crippen LogP contribution in [0.5, 0.6) is 0 Å². The van der Waals surface area contributed by atoms with Gasteiger partial charge in [0.1, 0.15) is 6.04 Å². The van der Waals surface area contributed by atoms with E-state index in [-0.39, 0.29) is 5.91 Å². The number of aliphatic carboxylic acids is 1. The molecule has 0 fully saturated rings. The standard InChI is InChI=1S/C13H21N3O3/c1-5-11(13(18)19)15-12(17)10-6-14-16(9(10)4)7-8(2)3/h6,8,11H,5,7H2,1-4H3,(H,15,17)(H,18,19). The maximum Gasteiger partial charge on any atom is 0.326 e. The van der Waals surface area contributed by atoms with Crippen LogP contribution in [-0.2, 0) is 11.3 Å². The number of carbonyl (C=O) groups excluding carboxylic acids is 1. The minimum absolute atomic E-state index is 0.347. The Labute approximate surface area is 112 Å². The SMILES string of the molecule is CCC(NC(=O)c1cnn(CC(C)C)c1C)C(=O)O. The topological polar surface area (TPSA) is 84.2 Å². The Morgan fingerprint density at radius 2 is 2.11 bits per heavy atom. The van der Waals surface area contributed by atoms with Gasteiger partial charge in [0.25, 0.3) is 5.91 Å². The fraction of sp³-hybridized carbons (Fsp3) is 0.615. The first-order valence-corrected chi connectivity index (χ1v) is 6.42. The van der Waals surface area contributed by atoms with Crippen LogP contribution in [0.1, 0.15) is 43.2 Å². The third kappa shape index (κ3) is 3.81. The van der Waals surface area contributed by atoms with Gasteiger partial charge >= 0.3 is 5.97 Å². The molecule has 0 saturated carbocycles. The van der Waals surface area contributed by atoms with Gasteiger partial charge in [-0.25, -0.2) is 4.79 Å². The number of carbonyl (C=O) groups is 2. The first kappa shape index (κ1) is 15.2. The molecule has 1 rings (SSSR count). The molecule has 0 radical (unpaired) electrons. The van der Waals surface area contributed by atoms with Gasteiger partial charge in [-0.1, -0.05) is 20.8 Å². The zero-order chi connectivity index (χ0) is 14.6. The second kappa shape index (κ2) is 6.36. The lowest BCUT2D eigenvalue weighted by atomic mass is 10.2. The van der Waals surface area contributed by atoms with Crippen molar-refractivity contribution in [2.45, 2.75) is 46.7 Å². The van der Waals surface area contributed by atoms with Crippen LogP contribution in [0.15, 0.2) is 6.20 Å². The normalized spacial score (nSPS) is 12.5. The summed E-state index contributed by atoms with van der Waals surface area (Å²) in [7, 11) is 0. The maximum atomic E-state index is 12.0. The van der Waals surface area contributed by atoms with E-state index >= 15 is 0 Å². The number of carboxylic acid groups (broad SMARTS) is 1. The Morgan fingerprint density at radius 1 is 1.47 bits per heavy atom. The quantitative estimate of drug-likeness (QED) is 0.816. The van der Waals surface area contributed by atoms with Crippen molar-refractivity contribution in [3.8, 4) is 0 Å². The molecule has 0 bridgehead atoms. The second-order valence-corrected chi connectivity index (χ2v) is 4.99. The zero-order valence-electron chi connectivity index (χ0n) is 11.8. The van der Waals surface area contributed by atoms with Crippen molar-refractivity contribution in [2.75, 3.05) is 0 Å². The van der Waals surface area contributed by atoms with E-state index in [1.54, 1.807) is 11.6 Å². The molecule has 2 N–H and O–H groups in total.